The van der Waals surface area contributed by atoms with Gasteiger partial charge in [-0.05, 0) is 18.6 Å². The van der Waals surface area contributed by atoms with Crippen LogP contribution >= 0.6 is 0 Å². The van der Waals surface area contributed by atoms with E-state index in [2.05, 4.69) is 25.1 Å². The van der Waals surface area contributed by atoms with Gasteiger partial charge in [0.2, 0.25) is 0 Å². The SMILES string of the molecule is COc1cc2c(N3CCCN(S(N)(=O)=O)CC3)ncnc2cc1-c1cn[nH]c1. The van der Waals surface area contributed by atoms with Gasteiger partial charge in [-0.2, -0.15) is 17.8 Å². The van der Waals surface area contributed by atoms with E-state index in [1.807, 2.05) is 12.1 Å². The van der Waals surface area contributed by atoms with Crippen LogP contribution in [0.2, 0.25) is 0 Å². The average Bonchev–Trinajstić information content (AvgIpc) is 3.09. The number of hydrogen-bond acceptors (Lipinski definition) is 7. The molecule has 0 aliphatic carbocycles. The Hall–Kier alpha value is -2.76. The van der Waals surface area contributed by atoms with Crippen molar-refractivity contribution in [2.75, 3.05) is 38.2 Å². The van der Waals surface area contributed by atoms with Gasteiger partial charge in [0, 0.05) is 48.9 Å². The number of anilines is 1. The lowest BCUT2D eigenvalue weighted by molar-refractivity contribution is 0.417. The Morgan fingerprint density at radius 3 is 2.75 bits per heavy atom. The van der Waals surface area contributed by atoms with Gasteiger partial charge in [-0.25, -0.2) is 15.1 Å². The Morgan fingerprint density at radius 2 is 2.04 bits per heavy atom. The molecule has 1 aromatic carbocycles. The highest BCUT2D eigenvalue weighted by Gasteiger charge is 2.24. The van der Waals surface area contributed by atoms with Crippen molar-refractivity contribution >= 4 is 26.9 Å². The molecule has 11 heteroatoms. The molecular weight excluding hydrogens is 382 g/mol. The smallest absolute Gasteiger partial charge is 0.276 e. The largest absolute Gasteiger partial charge is 0.496 e. The normalized spacial score (nSPS) is 16.3. The summed E-state index contributed by atoms with van der Waals surface area (Å²) in [6, 6.07) is 3.86. The van der Waals surface area contributed by atoms with E-state index < -0.39 is 10.2 Å². The van der Waals surface area contributed by atoms with E-state index in [1.54, 1.807) is 19.5 Å². The lowest BCUT2D eigenvalue weighted by atomic mass is 10.1. The summed E-state index contributed by atoms with van der Waals surface area (Å²) >= 11 is 0. The molecule has 4 rings (SSSR count). The van der Waals surface area contributed by atoms with Gasteiger partial charge in [-0.3, -0.25) is 5.10 Å². The first-order valence-electron chi connectivity index (χ1n) is 8.82. The minimum Gasteiger partial charge on any atom is -0.496 e. The quantitative estimate of drug-likeness (QED) is 0.657. The van der Waals surface area contributed by atoms with Crippen LogP contribution in [-0.2, 0) is 10.2 Å². The van der Waals surface area contributed by atoms with Crippen LogP contribution in [-0.4, -0.2) is 66.2 Å². The molecule has 0 amide bonds. The van der Waals surface area contributed by atoms with Crippen molar-refractivity contribution in [3.05, 3.63) is 30.9 Å². The van der Waals surface area contributed by atoms with E-state index >= 15 is 0 Å². The van der Waals surface area contributed by atoms with Crippen LogP contribution in [0.3, 0.4) is 0 Å². The van der Waals surface area contributed by atoms with Gasteiger partial charge in [0.1, 0.15) is 17.9 Å². The Bertz CT molecular complexity index is 1090. The zero-order chi connectivity index (χ0) is 19.7. The lowest BCUT2D eigenvalue weighted by Gasteiger charge is -2.23. The highest BCUT2D eigenvalue weighted by molar-refractivity contribution is 7.86. The van der Waals surface area contributed by atoms with Crippen molar-refractivity contribution in [3.63, 3.8) is 0 Å². The summed E-state index contributed by atoms with van der Waals surface area (Å²) in [4.78, 5) is 10.9. The van der Waals surface area contributed by atoms with Crippen molar-refractivity contribution in [2.24, 2.45) is 5.14 Å². The molecule has 148 valence electrons. The minimum atomic E-state index is -3.69. The fourth-order valence-corrected chi connectivity index (χ4v) is 4.19. The topological polar surface area (TPSA) is 130 Å². The van der Waals surface area contributed by atoms with E-state index in [1.165, 1.54) is 10.6 Å². The Morgan fingerprint density at radius 1 is 1.18 bits per heavy atom. The second-order valence-electron chi connectivity index (χ2n) is 6.54. The second kappa shape index (κ2) is 7.34. The number of benzene rings is 1. The standard InChI is InChI=1S/C17H21N7O3S/c1-27-16-8-14-15(7-13(16)12-9-21-22-10-12)19-11-20-17(14)23-3-2-4-24(6-5-23)28(18,25)26/h7-11H,2-6H2,1H3,(H,21,22)(H2,18,25,26). The number of aromatic nitrogens is 4. The highest BCUT2D eigenvalue weighted by atomic mass is 32.2. The Labute approximate surface area is 162 Å². The summed E-state index contributed by atoms with van der Waals surface area (Å²) < 4.78 is 30.2. The maximum absolute atomic E-state index is 11.7. The van der Waals surface area contributed by atoms with Crippen molar-refractivity contribution in [1.29, 1.82) is 0 Å². The second-order valence-corrected chi connectivity index (χ2v) is 8.08. The lowest BCUT2D eigenvalue weighted by Crippen LogP contribution is -2.39. The van der Waals surface area contributed by atoms with Crippen LogP contribution in [0.25, 0.3) is 22.0 Å². The first-order chi connectivity index (χ1) is 13.5. The van der Waals surface area contributed by atoms with Gasteiger partial charge in [-0.15, -0.1) is 0 Å². The van der Waals surface area contributed by atoms with Gasteiger partial charge in [-0.1, -0.05) is 0 Å². The molecule has 10 nitrogen and oxygen atoms in total. The summed E-state index contributed by atoms with van der Waals surface area (Å²) in [5.41, 5.74) is 2.55. The molecule has 0 radical (unpaired) electrons. The van der Waals surface area contributed by atoms with Crippen molar-refractivity contribution < 1.29 is 13.2 Å². The number of nitrogens with zero attached hydrogens (tertiary/aromatic N) is 5. The third-order valence-electron chi connectivity index (χ3n) is 4.86. The zero-order valence-electron chi connectivity index (χ0n) is 15.4. The van der Waals surface area contributed by atoms with Gasteiger partial charge >= 0.3 is 0 Å². The summed E-state index contributed by atoms with van der Waals surface area (Å²) in [5.74, 6) is 1.43. The number of nitrogens with one attached hydrogen (secondary N) is 1. The number of rotatable bonds is 4. The fourth-order valence-electron chi connectivity index (χ4n) is 3.47. The maximum atomic E-state index is 11.7. The molecule has 3 aromatic rings. The molecule has 0 unspecified atom stereocenters. The first kappa shape index (κ1) is 18.6. The van der Waals surface area contributed by atoms with Gasteiger partial charge in [0.15, 0.2) is 0 Å². The Balaban J connectivity index is 1.74. The van der Waals surface area contributed by atoms with Crippen LogP contribution in [0.4, 0.5) is 5.82 Å². The van der Waals surface area contributed by atoms with E-state index in [-0.39, 0.29) is 0 Å². The average molecular weight is 403 g/mol. The number of methoxy groups -OCH3 is 1. The molecular formula is C17H21N7O3S. The fraction of sp³-hybridized carbons (Fsp3) is 0.353. The highest BCUT2D eigenvalue weighted by Crippen LogP contribution is 2.36. The molecule has 3 N–H and O–H groups in total. The third-order valence-corrected chi connectivity index (χ3v) is 5.94. The zero-order valence-corrected chi connectivity index (χ0v) is 16.2. The summed E-state index contributed by atoms with van der Waals surface area (Å²) in [7, 11) is -2.08. The van der Waals surface area contributed by atoms with Gasteiger partial charge in [0.05, 0.1) is 18.8 Å². The predicted molar refractivity (Wildman–Crippen MR) is 105 cm³/mol. The van der Waals surface area contributed by atoms with Crippen molar-refractivity contribution in [3.8, 4) is 16.9 Å². The summed E-state index contributed by atoms with van der Waals surface area (Å²) in [6.45, 7) is 1.87. The number of nitrogens with two attached hydrogens (primary N) is 1. The van der Waals surface area contributed by atoms with Crippen molar-refractivity contribution in [1.82, 2.24) is 24.5 Å². The van der Waals surface area contributed by atoms with E-state index in [4.69, 9.17) is 9.88 Å². The maximum Gasteiger partial charge on any atom is 0.276 e. The number of aromatic amines is 1. The molecule has 0 bridgehead atoms. The molecule has 28 heavy (non-hydrogen) atoms. The van der Waals surface area contributed by atoms with Gasteiger partial charge < -0.3 is 9.64 Å². The molecule has 2 aromatic heterocycles. The molecule has 1 aliphatic heterocycles. The summed E-state index contributed by atoms with van der Waals surface area (Å²) in [6.07, 6.45) is 5.70. The van der Waals surface area contributed by atoms with Crippen LogP contribution in [0.5, 0.6) is 5.75 Å². The molecule has 0 saturated carbocycles. The molecule has 1 aliphatic rings. The number of ether oxygens (including phenoxy) is 1. The number of fused-ring (bicyclic) bond motifs is 1. The predicted octanol–water partition coefficient (Wildman–Crippen LogP) is 0.744. The van der Waals surface area contributed by atoms with Crippen LogP contribution in [0.15, 0.2) is 30.9 Å². The van der Waals surface area contributed by atoms with E-state index in [0.717, 1.165) is 27.8 Å². The first-order valence-corrected chi connectivity index (χ1v) is 10.3. The molecule has 0 spiro atoms. The Kier molecular flexibility index (Phi) is 4.87. The number of hydrogen-bond donors (Lipinski definition) is 2. The molecule has 1 fully saturated rings. The van der Waals surface area contributed by atoms with Crippen molar-refractivity contribution in [2.45, 2.75) is 6.42 Å². The van der Waals surface area contributed by atoms with Gasteiger partial charge in [0.25, 0.3) is 10.2 Å². The van der Waals surface area contributed by atoms with Crippen LogP contribution < -0.4 is 14.8 Å². The third kappa shape index (κ3) is 3.51. The van der Waals surface area contributed by atoms with E-state index in [0.29, 0.717) is 38.3 Å². The van der Waals surface area contributed by atoms with E-state index in [9.17, 15) is 8.42 Å². The van der Waals surface area contributed by atoms with Crippen LogP contribution in [0.1, 0.15) is 6.42 Å². The monoisotopic (exact) mass is 403 g/mol. The molecule has 0 atom stereocenters. The molecule has 1 saturated heterocycles. The number of H-pyrrole nitrogens is 1. The minimum absolute atomic E-state index is 0.314. The van der Waals surface area contributed by atoms with Crippen LogP contribution in [0, 0.1) is 0 Å². The summed E-state index contributed by atoms with van der Waals surface area (Å²) in [5, 5.41) is 12.9. The molecule has 3 heterocycles.